The van der Waals surface area contributed by atoms with E-state index in [1.54, 1.807) is 12.1 Å². The molecular weight excluding hydrogens is 350 g/mol. The number of hydrogen-bond acceptors (Lipinski definition) is 4. The van der Waals surface area contributed by atoms with E-state index in [1.807, 2.05) is 24.3 Å². The summed E-state index contributed by atoms with van der Waals surface area (Å²) in [7, 11) is 1.48. The molecule has 6 nitrogen and oxygen atoms in total. The summed E-state index contributed by atoms with van der Waals surface area (Å²) in [6, 6.07) is 12.0. The number of hydrogen-bond donors (Lipinski definition) is 2. The minimum Gasteiger partial charge on any atom is -0.375 e. The van der Waals surface area contributed by atoms with Crippen LogP contribution in [0.25, 0.3) is 0 Å². The van der Waals surface area contributed by atoms with Gasteiger partial charge in [0, 0.05) is 29.7 Å². The Morgan fingerprint density at radius 3 is 2.50 bits per heavy atom. The van der Waals surface area contributed by atoms with Gasteiger partial charge < -0.3 is 10.6 Å². The van der Waals surface area contributed by atoms with Gasteiger partial charge in [-0.2, -0.15) is 0 Å². The molecule has 0 bridgehead atoms. The third kappa shape index (κ3) is 3.82. The molecule has 0 aliphatic carbocycles. The van der Waals surface area contributed by atoms with Gasteiger partial charge in [-0.1, -0.05) is 28.1 Å². The summed E-state index contributed by atoms with van der Waals surface area (Å²) in [6.07, 6.45) is 0. The van der Waals surface area contributed by atoms with E-state index in [0.29, 0.717) is 12.2 Å². The lowest BCUT2D eigenvalue weighted by atomic mass is 10.1. The van der Waals surface area contributed by atoms with Gasteiger partial charge >= 0.3 is 0 Å². The van der Waals surface area contributed by atoms with Gasteiger partial charge in [-0.3, -0.25) is 14.9 Å². The fourth-order valence-electron chi connectivity index (χ4n) is 1.92. The van der Waals surface area contributed by atoms with Crippen molar-refractivity contribution < 1.29 is 9.72 Å². The first-order chi connectivity index (χ1) is 10.5. The summed E-state index contributed by atoms with van der Waals surface area (Å²) in [4.78, 5) is 22.2. The number of benzene rings is 2. The van der Waals surface area contributed by atoms with E-state index < -0.39 is 4.92 Å². The molecule has 2 aromatic carbocycles. The van der Waals surface area contributed by atoms with E-state index in [-0.39, 0.29) is 17.2 Å². The Balaban J connectivity index is 2.21. The monoisotopic (exact) mass is 363 g/mol. The predicted molar refractivity (Wildman–Crippen MR) is 88.0 cm³/mol. The van der Waals surface area contributed by atoms with Gasteiger partial charge in [-0.25, -0.2) is 0 Å². The number of rotatable bonds is 5. The number of carbonyl (C=O) groups excluding carboxylic acids is 1. The maximum atomic E-state index is 11.6. The Bertz CT molecular complexity index is 702. The minimum atomic E-state index is -0.504. The molecule has 0 radical (unpaired) electrons. The van der Waals surface area contributed by atoms with Crippen molar-refractivity contribution in [3.63, 3.8) is 0 Å². The third-order valence-electron chi connectivity index (χ3n) is 3.08. The van der Waals surface area contributed by atoms with E-state index in [1.165, 1.54) is 13.1 Å². The van der Waals surface area contributed by atoms with E-state index in [0.717, 1.165) is 10.0 Å². The highest BCUT2D eigenvalue weighted by molar-refractivity contribution is 9.10. The molecule has 0 fully saturated rings. The Hall–Kier alpha value is -2.41. The number of anilines is 1. The summed E-state index contributed by atoms with van der Waals surface area (Å²) >= 11 is 3.35. The molecule has 0 aromatic heterocycles. The molecule has 114 valence electrons. The quantitative estimate of drug-likeness (QED) is 0.630. The number of amides is 1. The first-order valence-corrected chi connectivity index (χ1v) is 7.29. The van der Waals surface area contributed by atoms with Crippen molar-refractivity contribution in [2.24, 2.45) is 0 Å². The van der Waals surface area contributed by atoms with Gasteiger partial charge in [0.2, 0.25) is 0 Å². The zero-order chi connectivity index (χ0) is 16.1. The standard InChI is InChI=1S/C15H14BrN3O3/c1-17-15(20)11-4-7-13(14(8-11)19(21)22)18-9-10-2-5-12(16)6-3-10/h2-8,18H,9H2,1H3,(H,17,20). The predicted octanol–water partition coefficient (Wildman–Crippen LogP) is 3.33. The minimum absolute atomic E-state index is 0.127. The number of halogens is 1. The Labute approximate surface area is 135 Å². The van der Waals surface area contributed by atoms with Crippen LogP contribution in [0.1, 0.15) is 15.9 Å². The van der Waals surface area contributed by atoms with Crippen LogP contribution >= 0.6 is 15.9 Å². The van der Waals surface area contributed by atoms with Crippen molar-refractivity contribution in [2.45, 2.75) is 6.54 Å². The third-order valence-corrected chi connectivity index (χ3v) is 3.61. The first-order valence-electron chi connectivity index (χ1n) is 6.50. The summed E-state index contributed by atoms with van der Waals surface area (Å²) in [6.45, 7) is 0.452. The van der Waals surface area contributed by atoms with E-state index in [2.05, 4.69) is 26.6 Å². The molecule has 0 saturated carbocycles. The number of nitrogens with zero attached hydrogens (tertiary/aromatic N) is 1. The molecule has 1 amide bonds. The molecule has 22 heavy (non-hydrogen) atoms. The molecule has 0 atom stereocenters. The summed E-state index contributed by atoms with van der Waals surface area (Å²) in [5.74, 6) is -0.359. The molecule has 0 aliphatic rings. The maximum Gasteiger partial charge on any atom is 0.293 e. The summed E-state index contributed by atoms with van der Waals surface area (Å²) in [5.41, 5.74) is 1.50. The number of nitro groups is 1. The van der Waals surface area contributed by atoms with Gasteiger partial charge in [-0.05, 0) is 29.8 Å². The Morgan fingerprint density at radius 2 is 1.91 bits per heavy atom. The molecule has 7 heteroatoms. The van der Waals surface area contributed by atoms with Crippen LogP contribution in [0.4, 0.5) is 11.4 Å². The lowest BCUT2D eigenvalue weighted by Gasteiger charge is -2.09. The van der Waals surface area contributed by atoms with Gasteiger partial charge in [0.15, 0.2) is 0 Å². The zero-order valence-corrected chi connectivity index (χ0v) is 13.4. The average molecular weight is 364 g/mol. The van der Waals surface area contributed by atoms with Crippen LogP contribution < -0.4 is 10.6 Å². The van der Waals surface area contributed by atoms with Crippen molar-refractivity contribution in [3.8, 4) is 0 Å². The van der Waals surface area contributed by atoms with Crippen molar-refractivity contribution >= 4 is 33.2 Å². The van der Waals surface area contributed by atoms with Crippen LogP contribution in [0.5, 0.6) is 0 Å². The molecule has 2 rings (SSSR count). The van der Waals surface area contributed by atoms with Crippen LogP contribution in [-0.2, 0) is 6.54 Å². The van der Waals surface area contributed by atoms with Gasteiger partial charge in [0.05, 0.1) is 4.92 Å². The molecule has 2 N–H and O–H groups in total. The smallest absolute Gasteiger partial charge is 0.293 e. The number of carbonyl (C=O) groups is 1. The maximum absolute atomic E-state index is 11.6. The molecule has 0 aliphatic heterocycles. The topological polar surface area (TPSA) is 84.3 Å². The Morgan fingerprint density at radius 1 is 1.23 bits per heavy atom. The molecule has 0 heterocycles. The number of nitro benzene ring substituents is 1. The first kappa shape index (κ1) is 16.0. The normalized spacial score (nSPS) is 10.1. The zero-order valence-electron chi connectivity index (χ0n) is 11.8. The second-order valence-corrected chi connectivity index (χ2v) is 5.46. The van der Waals surface area contributed by atoms with Crippen molar-refractivity contribution in [1.82, 2.24) is 5.32 Å². The van der Waals surface area contributed by atoms with Gasteiger partial charge in [-0.15, -0.1) is 0 Å². The second-order valence-electron chi connectivity index (χ2n) is 4.55. The van der Waals surface area contributed by atoms with Crippen LogP contribution in [0.15, 0.2) is 46.9 Å². The number of nitrogens with one attached hydrogen (secondary N) is 2. The fraction of sp³-hybridized carbons (Fsp3) is 0.133. The van der Waals surface area contributed by atoms with Gasteiger partial charge in [0.1, 0.15) is 5.69 Å². The largest absolute Gasteiger partial charge is 0.375 e. The average Bonchev–Trinajstić information content (AvgIpc) is 2.53. The highest BCUT2D eigenvalue weighted by Crippen LogP contribution is 2.26. The summed E-state index contributed by atoms with van der Waals surface area (Å²) < 4.78 is 0.970. The fourth-order valence-corrected chi connectivity index (χ4v) is 2.18. The van der Waals surface area contributed by atoms with E-state index >= 15 is 0 Å². The molecule has 0 unspecified atom stereocenters. The van der Waals surface area contributed by atoms with Crippen molar-refractivity contribution in [2.75, 3.05) is 12.4 Å². The highest BCUT2D eigenvalue weighted by atomic mass is 79.9. The molecular formula is C15H14BrN3O3. The van der Waals surface area contributed by atoms with Crippen LogP contribution in [-0.4, -0.2) is 17.9 Å². The molecule has 0 saturated heterocycles. The van der Waals surface area contributed by atoms with Gasteiger partial charge in [0.25, 0.3) is 11.6 Å². The Kier molecular flexibility index (Phi) is 5.11. The van der Waals surface area contributed by atoms with Crippen LogP contribution in [0, 0.1) is 10.1 Å². The second kappa shape index (κ2) is 7.04. The summed E-state index contributed by atoms with van der Waals surface area (Å²) in [5, 5.41) is 16.6. The molecule has 0 spiro atoms. The SMILES string of the molecule is CNC(=O)c1ccc(NCc2ccc(Br)cc2)c([N+](=O)[O-])c1. The van der Waals surface area contributed by atoms with Crippen molar-refractivity contribution in [1.29, 1.82) is 0 Å². The van der Waals surface area contributed by atoms with E-state index in [4.69, 9.17) is 0 Å². The van der Waals surface area contributed by atoms with E-state index in [9.17, 15) is 14.9 Å². The van der Waals surface area contributed by atoms with Crippen LogP contribution in [0.2, 0.25) is 0 Å². The lowest BCUT2D eigenvalue weighted by Crippen LogP contribution is -2.18. The van der Waals surface area contributed by atoms with Crippen molar-refractivity contribution in [3.05, 3.63) is 68.2 Å². The lowest BCUT2D eigenvalue weighted by molar-refractivity contribution is -0.384. The highest BCUT2D eigenvalue weighted by Gasteiger charge is 2.16. The molecule has 2 aromatic rings. The van der Waals surface area contributed by atoms with Crippen LogP contribution in [0.3, 0.4) is 0 Å².